The highest BCUT2D eigenvalue weighted by Gasteiger charge is 2.19. The van der Waals surface area contributed by atoms with Crippen LogP contribution in [0.2, 0.25) is 0 Å². The number of rotatable bonds is 2. The lowest BCUT2D eigenvalue weighted by atomic mass is 10.1. The number of ether oxygens (including phenoxy) is 1. The van der Waals surface area contributed by atoms with Crippen LogP contribution in [0.1, 0.15) is 16.8 Å². The van der Waals surface area contributed by atoms with Crippen LogP contribution in [-0.2, 0) is 0 Å². The molecule has 0 fully saturated rings. The summed E-state index contributed by atoms with van der Waals surface area (Å²) in [6.07, 6.45) is -0.460. The summed E-state index contributed by atoms with van der Waals surface area (Å²) in [5.74, 6) is 0.438. The molecule has 0 aliphatic carbocycles. The Labute approximate surface area is 155 Å². The lowest BCUT2D eigenvalue weighted by Crippen LogP contribution is -2.29. The fraction of sp³-hybridized carbons (Fsp3) is 0.200. The van der Waals surface area contributed by atoms with Crippen LogP contribution in [0.5, 0.6) is 5.75 Å². The van der Waals surface area contributed by atoms with E-state index in [4.69, 9.17) is 4.74 Å². The zero-order valence-corrected chi connectivity index (χ0v) is 16.2. The number of hydrogen-bond acceptors (Lipinski definition) is 3. The summed E-state index contributed by atoms with van der Waals surface area (Å²) in [5, 5.41) is 0.967. The van der Waals surface area contributed by atoms with E-state index in [1.165, 1.54) is 4.90 Å². The van der Waals surface area contributed by atoms with E-state index in [0.29, 0.717) is 15.7 Å². The van der Waals surface area contributed by atoms with Gasteiger partial charge in [-0.15, -0.1) is 0 Å². The third-order valence-electron chi connectivity index (χ3n) is 4.12. The van der Waals surface area contributed by atoms with Crippen LogP contribution in [0.25, 0.3) is 10.9 Å². The molecule has 4 nitrogen and oxygen atoms in total. The molecule has 0 N–H and O–H groups in total. The highest BCUT2D eigenvalue weighted by molar-refractivity contribution is 9.10. The molecule has 0 unspecified atom stereocenters. The molecule has 1 heterocycles. The summed E-state index contributed by atoms with van der Waals surface area (Å²) >= 11 is 3.50. The molecule has 0 atom stereocenters. The smallest absolute Gasteiger partial charge is 0.406 e. The SMILES string of the molecule is Cc1ccc(N(C)C(=O)Oc2c(Br)cc(C)c3ccc(C)nc23)cc1. The van der Waals surface area contributed by atoms with Gasteiger partial charge in [-0.2, -0.15) is 0 Å². The number of halogens is 1. The van der Waals surface area contributed by atoms with Crippen LogP contribution in [-0.4, -0.2) is 18.1 Å². The molecule has 1 aromatic heterocycles. The van der Waals surface area contributed by atoms with Gasteiger partial charge in [0.05, 0.1) is 4.47 Å². The Bertz CT molecular complexity index is 952. The number of pyridine rings is 1. The molecule has 3 aromatic rings. The maximum absolute atomic E-state index is 12.6. The number of carbonyl (C=O) groups is 1. The Kier molecular flexibility index (Phi) is 4.77. The van der Waals surface area contributed by atoms with Gasteiger partial charge in [-0.05, 0) is 66.5 Å². The van der Waals surface area contributed by atoms with E-state index in [-0.39, 0.29) is 0 Å². The topological polar surface area (TPSA) is 42.4 Å². The van der Waals surface area contributed by atoms with E-state index in [2.05, 4.69) is 20.9 Å². The number of nitrogens with zero attached hydrogens (tertiary/aromatic N) is 2. The van der Waals surface area contributed by atoms with Gasteiger partial charge in [0.1, 0.15) is 5.52 Å². The van der Waals surface area contributed by atoms with Crippen molar-refractivity contribution in [3.05, 3.63) is 63.8 Å². The molecule has 0 spiro atoms. The quantitative estimate of drug-likeness (QED) is 0.567. The average molecular weight is 399 g/mol. The molecule has 0 saturated heterocycles. The second kappa shape index (κ2) is 6.84. The number of aryl methyl sites for hydroxylation is 3. The van der Waals surface area contributed by atoms with Gasteiger partial charge in [0.25, 0.3) is 0 Å². The minimum absolute atomic E-state index is 0.438. The first-order valence-electron chi connectivity index (χ1n) is 7.95. The largest absolute Gasteiger partial charge is 0.419 e. The Morgan fingerprint density at radius 2 is 1.76 bits per heavy atom. The number of benzene rings is 2. The van der Waals surface area contributed by atoms with Gasteiger partial charge in [0.2, 0.25) is 0 Å². The Morgan fingerprint density at radius 1 is 1.08 bits per heavy atom. The molecule has 2 aromatic carbocycles. The van der Waals surface area contributed by atoms with Crippen molar-refractivity contribution in [1.29, 1.82) is 0 Å². The molecule has 25 heavy (non-hydrogen) atoms. The monoisotopic (exact) mass is 398 g/mol. The lowest BCUT2D eigenvalue weighted by Gasteiger charge is -2.19. The average Bonchev–Trinajstić information content (AvgIpc) is 2.58. The van der Waals surface area contributed by atoms with Crippen LogP contribution in [0.3, 0.4) is 0 Å². The minimum atomic E-state index is -0.460. The molecule has 0 radical (unpaired) electrons. The van der Waals surface area contributed by atoms with Crippen molar-refractivity contribution in [1.82, 2.24) is 4.98 Å². The van der Waals surface area contributed by atoms with Crippen molar-refractivity contribution in [2.45, 2.75) is 20.8 Å². The van der Waals surface area contributed by atoms with Crippen molar-refractivity contribution in [2.75, 3.05) is 11.9 Å². The number of hydrogen-bond donors (Lipinski definition) is 0. The number of anilines is 1. The van der Waals surface area contributed by atoms with Crippen molar-refractivity contribution < 1.29 is 9.53 Å². The number of fused-ring (bicyclic) bond motifs is 1. The van der Waals surface area contributed by atoms with E-state index in [1.54, 1.807) is 7.05 Å². The zero-order chi connectivity index (χ0) is 18.1. The molecule has 0 bridgehead atoms. The first-order chi connectivity index (χ1) is 11.9. The molecule has 0 aliphatic rings. The van der Waals surface area contributed by atoms with Gasteiger partial charge in [0.15, 0.2) is 5.75 Å². The molecule has 3 rings (SSSR count). The molecule has 5 heteroatoms. The number of carbonyl (C=O) groups excluding carboxylic acids is 1. The molecule has 0 aliphatic heterocycles. The first kappa shape index (κ1) is 17.4. The lowest BCUT2D eigenvalue weighted by molar-refractivity contribution is 0.209. The normalized spacial score (nSPS) is 10.8. The van der Waals surface area contributed by atoms with Crippen LogP contribution >= 0.6 is 15.9 Å². The molecule has 0 saturated carbocycles. The van der Waals surface area contributed by atoms with Crippen molar-refractivity contribution in [2.24, 2.45) is 0 Å². The highest BCUT2D eigenvalue weighted by Crippen LogP contribution is 2.35. The van der Waals surface area contributed by atoms with Gasteiger partial charge in [-0.1, -0.05) is 23.8 Å². The summed E-state index contributed by atoms with van der Waals surface area (Å²) in [4.78, 5) is 18.7. The number of aromatic nitrogens is 1. The summed E-state index contributed by atoms with van der Waals surface area (Å²) in [6, 6.07) is 13.6. The summed E-state index contributed by atoms with van der Waals surface area (Å²) in [5.41, 5.74) is 4.53. The Hall–Kier alpha value is -2.40. The highest BCUT2D eigenvalue weighted by atomic mass is 79.9. The maximum atomic E-state index is 12.6. The van der Waals surface area contributed by atoms with E-state index in [9.17, 15) is 4.79 Å². The van der Waals surface area contributed by atoms with Crippen LogP contribution in [0, 0.1) is 20.8 Å². The Morgan fingerprint density at radius 3 is 2.44 bits per heavy atom. The van der Waals surface area contributed by atoms with E-state index in [0.717, 1.165) is 27.9 Å². The minimum Gasteiger partial charge on any atom is -0.406 e. The summed E-state index contributed by atoms with van der Waals surface area (Å²) < 4.78 is 6.40. The van der Waals surface area contributed by atoms with Crippen LogP contribution < -0.4 is 9.64 Å². The molecular formula is C20H19BrN2O2. The third-order valence-corrected chi connectivity index (χ3v) is 4.71. The summed E-state index contributed by atoms with van der Waals surface area (Å²) in [7, 11) is 1.69. The molecule has 1 amide bonds. The van der Waals surface area contributed by atoms with E-state index >= 15 is 0 Å². The van der Waals surface area contributed by atoms with E-state index < -0.39 is 6.09 Å². The zero-order valence-electron chi connectivity index (χ0n) is 14.6. The third kappa shape index (κ3) is 3.51. The second-order valence-corrected chi connectivity index (χ2v) is 6.97. The maximum Gasteiger partial charge on any atom is 0.419 e. The molecular weight excluding hydrogens is 380 g/mol. The van der Waals surface area contributed by atoms with Crippen molar-refractivity contribution in [3.63, 3.8) is 0 Å². The van der Waals surface area contributed by atoms with Crippen molar-refractivity contribution in [3.8, 4) is 5.75 Å². The van der Waals surface area contributed by atoms with Crippen LogP contribution in [0.4, 0.5) is 10.5 Å². The second-order valence-electron chi connectivity index (χ2n) is 6.12. The summed E-state index contributed by atoms with van der Waals surface area (Å²) in [6.45, 7) is 5.93. The van der Waals surface area contributed by atoms with Crippen molar-refractivity contribution >= 4 is 38.6 Å². The fourth-order valence-electron chi connectivity index (χ4n) is 2.62. The Balaban J connectivity index is 1.98. The standard InChI is InChI=1S/C20H19BrN2O2/c1-12-5-8-15(9-6-12)23(4)20(24)25-19-17(21)11-13(2)16-10-7-14(3)22-18(16)19/h5-11H,1-4H3. The van der Waals surface area contributed by atoms with Gasteiger partial charge >= 0.3 is 6.09 Å². The van der Waals surface area contributed by atoms with E-state index in [1.807, 2.05) is 63.2 Å². The van der Waals surface area contributed by atoms with Gasteiger partial charge in [-0.3, -0.25) is 4.90 Å². The molecule has 128 valence electrons. The van der Waals surface area contributed by atoms with Gasteiger partial charge in [0, 0.05) is 23.8 Å². The van der Waals surface area contributed by atoms with Gasteiger partial charge < -0.3 is 4.74 Å². The van der Waals surface area contributed by atoms with Gasteiger partial charge in [-0.25, -0.2) is 9.78 Å². The predicted molar refractivity (Wildman–Crippen MR) is 105 cm³/mol. The first-order valence-corrected chi connectivity index (χ1v) is 8.75. The fourth-order valence-corrected chi connectivity index (χ4v) is 3.23. The van der Waals surface area contributed by atoms with Crippen LogP contribution in [0.15, 0.2) is 46.9 Å². The predicted octanol–water partition coefficient (Wildman–Crippen LogP) is 5.56. The number of amides is 1.